The maximum atomic E-state index is 13.0. The molecule has 2 atom stereocenters. The zero-order chi connectivity index (χ0) is 9.42. The van der Waals surface area contributed by atoms with E-state index < -0.39 is 17.7 Å². The van der Waals surface area contributed by atoms with Gasteiger partial charge in [0.25, 0.3) is 0 Å². The van der Waals surface area contributed by atoms with Crippen molar-refractivity contribution in [3.8, 4) is 0 Å². The van der Waals surface area contributed by atoms with E-state index in [9.17, 15) is 8.78 Å². The van der Waals surface area contributed by atoms with E-state index in [1.165, 1.54) is 12.1 Å². The number of hydrogen-bond acceptors (Lipinski definition) is 2. The van der Waals surface area contributed by atoms with Crippen LogP contribution in [0, 0.1) is 11.6 Å². The standard InChI is InChI=1S/C9H8F2O2/c10-5-1-2-6(7(11)3-5)9-8(4-12)13-9/h1-3,8-9,12H,4H2/t8-,9-/m1/s1. The predicted octanol–water partition coefficient (Wildman–Crippen LogP) is 1.40. The number of epoxide rings is 1. The van der Waals surface area contributed by atoms with Crippen LogP contribution in [0.15, 0.2) is 18.2 Å². The monoisotopic (exact) mass is 186 g/mol. The Morgan fingerprint density at radius 3 is 2.69 bits per heavy atom. The molecule has 1 heterocycles. The van der Waals surface area contributed by atoms with Crippen molar-refractivity contribution >= 4 is 0 Å². The van der Waals surface area contributed by atoms with Gasteiger partial charge in [-0.2, -0.15) is 0 Å². The molecule has 0 radical (unpaired) electrons. The van der Waals surface area contributed by atoms with E-state index in [-0.39, 0.29) is 12.7 Å². The molecule has 0 spiro atoms. The minimum atomic E-state index is -0.624. The lowest BCUT2D eigenvalue weighted by atomic mass is 10.1. The summed E-state index contributed by atoms with van der Waals surface area (Å²) in [5, 5.41) is 8.66. The molecule has 70 valence electrons. The SMILES string of the molecule is OC[C@H]1O[C@@H]1c1ccc(F)cc1F. The zero-order valence-corrected chi connectivity index (χ0v) is 6.71. The highest BCUT2D eigenvalue weighted by Gasteiger charge is 2.41. The molecule has 1 aliphatic rings. The van der Waals surface area contributed by atoms with E-state index in [1.54, 1.807) is 0 Å². The van der Waals surface area contributed by atoms with Gasteiger partial charge < -0.3 is 9.84 Å². The van der Waals surface area contributed by atoms with Crippen molar-refractivity contribution in [2.45, 2.75) is 12.2 Å². The molecule has 1 fully saturated rings. The van der Waals surface area contributed by atoms with Gasteiger partial charge in [-0.05, 0) is 6.07 Å². The summed E-state index contributed by atoms with van der Waals surface area (Å²) >= 11 is 0. The van der Waals surface area contributed by atoms with E-state index in [0.29, 0.717) is 5.56 Å². The van der Waals surface area contributed by atoms with Crippen LogP contribution < -0.4 is 0 Å². The molecule has 1 N–H and O–H groups in total. The highest BCUT2D eigenvalue weighted by Crippen LogP contribution is 2.39. The Bertz CT molecular complexity index is 327. The van der Waals surface area contributed by atoms with Crippen molar-refractivity contribution in [1.29, 1.82) is 0 Å². The molecule has 0 saturated carbocycles. The second-order valence-corrected chi connectivity index (χ2v) is 2.94. The number of benzene rings is 1. The van der Waals surface area contributed by atoms with E-state index >= 15 is 0 Å². The third kappa shape index (κ3) is 1.55. The molecule has 13 heavy (non-hydrogen) atoms. The first-order chi connectivity index (χ1) is 6.22. The van der Waals surface area contributed by atoms with Crippen LogP contribution in [0.2, 0.25) is 0 Å². The van der Waals surface area contributed by atoms with Crippen LogP contribution in [0.4, 0.5) is 8.78 Å². The molecule has 0 aliphatic carbocycles. The van der Waals surface area contributed by atoms with Crippen LogP contribution in [-0.4, -0.2) is 17.8 Å². The van der Waals surface area contributed by atoms with Gasteiger partial charge in [0.1, 0.15) is 23.8 Å². The van der Waals surface area contributed by atoms with Crippen molar-refractivity contribution in [2.24, 2.45) is 0 Å². The van der Waals surface area contributed by atoms with Gasteiger partial charge in [-0.25, -0.2) is 8.78 Å². The van der Waals surface area contributed by atoms with Gasteiger partial charge in [0, 0.05) is 11.6 Å². The van der Waals surface area contributed by atoms with Gasteiger partial charge in [0.05, 0.1) is 6.61 Å². The molecular weight excluding hydrogens is 178 g/mol. The fourth-order valence-corrected chi connectivity index (χ4v) is 1.29. The molecule has 0 aromatic heterocycles. The topological polar surface area (TPSA) is 32.8 Å². The first kappa shape index (κ1) is 8.59. The summed E-state index contributed by atoms with van der Waals surface area (Å²) in [4.78, 5) is 0. The van der Waals surface area contributed by atoms with Crippen LogP contribution >= 0.6 is 0 Å². The second kappa shape index (κ2) is 3.05. The smallest absolute Gasteiger partial charge is 0.132 e. The van der Waals surface area contributed by atoms with Crippen LogP contribution in [0.3, 0.4) is 0 Å². The third-order valence-corrected chi connectivity index (χ3v) is 2.03. The normalized spacial score (nSPS) is 26.1. The quantitative estimate of drug-likeness (QED) is 0.708. The highest BCUT2D eigenvalue weighted by molar-refractivity contribution is 5.25. The third-order valence-electron chi connectivity index (χ3n) is 2.03. The number of ether oxygens (including phenoxy) is 1. The first-order valence-corrected chi connectivity index (χ1v) is 3.93. The molecular formula is C9H8F2O2. The van der Waals surface area contributed by atoms with Gasteiger partial charge in [-0.3, -0.25) is 0 Å². The molecule has 0 bridgehead atoms. The van der Waals surface area contributed by atoms with E-state index in [1.807, 2.05) is 0 Å². The van der Waals surface area contributed by atoms with E-state index in [0.717, 1.165) is 6.07 Å². The Morgan fingerprint density at radius 2 is 2.15 bits per heavy atom. The minimum absolute atomic E-state index is 0.137. The maximum Gasteiger partial charge on any atom is 0.132 e. The fourth-order valence-electron chi connectivity index (χ4n) is 1.29. The Kier molecular flexibility index (Phi) is 2.01. The number of hydrogen-bond donors (Lipinski definition) is 1. The highest BCUT2D eigenvalue weighted by atomic mass is 19.1. The van der Waals surface area contributed by atoms with Crippen molar-refractivity contribution in [3.05, 3.63) is 35.4 Å². The van der Waals surface area contributed by atoms with Crippen LogP contribution in [0.1, 0.15) is 11.7 Å². The number of halogens is 2. The predicted molar refractivity (Wildman–Crippen MR) is 41.1 cm³/mol. The van der Waals surface area contributed by atoms with Gasteiger partial charge in [0.15, 0.2) is 0 Å². The average Bonchev–Trinajstić information content (AvgIpc) is 2.83. The lowest BCUT2D eigenvalue weighted by Crippen LogP contribution is -1.96. The van der Waals surface area contributed by atoms with Crippen molar-refractivity contribution in [3.63, 3.8) is 0 Å². The second-order valence-electron chi connectivity index (χ2n) is 2.94. The molecule has 4 heteroatoms. The van der Waals surface area contributed by atoms with Crippen LogP contribution in [0.25, 0.3) is 0 Å². The molecule has 1 aliphatic heterocycles. The van der Waals surface area contributed by atoms with Crippen molar-refractivity contribution in [2.75, 3.05) is 6.61 Å². The summed E-state index contributed by atoms with van der Waals surface area (Å²) in [6.45, 7) is -0.137. The van der Waals surface area contributed by atoms with Gasteiger partial charge >= 0.3 is 0 Å². The molecule has 0 unspecified atom stereocenters. The van der Waals surface area contributed by atoms with Gasteiger partial charge in [0.2, 0.25) is 0 Å². The molecule has 0 amide bonds. The number of rotatable bonds is 2. The number of aliphatic hydroxyl groups is 1. The Hall–Kier alpha value is -1.00. The minimum Gasteiger partial charge on any atom is -0.394 e. The Labute approximate surface area is 73.8 Å². The van der Waals surface area contributed by atoms with Crippen LogP contribution in [-0.2, 0) is 4.74 Å². The van der Waals surface area contributed by atoms with Crippen molar-refractivity contribution < 1.29 is 18.6 Å². The largest absolute Gasteiger partial charge is 0.394 e. The fraction of sp³-hybridized carbons (Fsp3) is 0.333. The Balaban J connectivity index is 2.22. The summed E-state index contributed by atoms with van der Waals surface area (Å²) in [7, 11) is 0. The van der Waals surface area contributed by atoms with Gasteiger partial charge in [-0.1, -0.05) is 6.07 Å². The summed E-state index contributed by atoms with van der Waals surface area (Å²) in [6.07, 6.45) is -0.745. The number of aliphatic hydroxyl groups excluding tert-OH is 1. The van der Waals surface area contributed by atoms with Crippen LogP contribution in [0.5, 0.6) is 0 Å². The van der Waals surface area contributed by atoms with E-state index in [2.05, 4.69) is 0 Å². The lowest BCUT2D eigenvalue weighted by Gasteiger charge is -1.97. The summed E-state index contributed by atoms with van der Waals surface area (Å²) in [5.41, 5.74) is 0.306. The summed E-state index contributed by atoms with van der Waals surface area (Å²) < 4.78 is 30.5. The average molecular weight is 186 g/mol. The molecule has 1 aromatic rings. The molecule has 1 aromatic carbocycles. The first-order valence-electron chi connectivity index (χ1n) is 3.93. The summed E-state index contributed by atoms with van der Waals surface area (Å²) in [6, 6.07) is 3.32. The Morgan fingerprint density at radius 1 is 1.38 bits per heavy atom. The van der Waals surface area contributed by atoms with Gasteiger partial charge in [-0.15, -0.1) is 0 Å². The molecule has 1 saturated heterocycles. The van der Waals surface area contributed by atoms with E-state index in [4.69, 9.17) is 9.84 Å². The molecule has 2 rings (SSSR count). The maximum absolute atomic E-state index is 13.0. The molecule has 2 nitrogen and oxygen atoms in total. The zero-order valence-electron chi connectivity index (χ0n) is 6.71. The summed E-state index contributed by atoms with van der Waals surface area (Å²) in [5.74, 6) is -1.23. The van der Waals surface area contributed by atoms with Crippen molar-refractivity contribution in [1.82, 2.24) is 0 Å². The lowest BCUT2D eigenvalue weighted by molar-refractivity contribution is 0.242.